The highest BCUT2D eigenvalue weighted by molar-refractivity contribution is 7.80. The lowest BCUT2D eigenvalue weighted by atomic mass is 10.2. The van der Waals surface area contributed by atoms with Gasteiger partial charge in [-0.05, 0) is 31.9 Å². The van der Waals surface area contributed by atoms with Gasteiger partial charge >= 0.3 is 0 Å². The molecule has 0 aliphatic heterocycles. The summed E-state index contributed by atoms with van der Waals surface area (Å²) >= 11 is -1.54. The third-order valence-electron chi connectivity index (χ3n) is 2.43. The van der Waals surface area contributed by atoms with Crippen molar-refractivity contribution in [1.82, 2.24) is 0 Å². The van der Waals surface area contributed by atoms with Gasteiger partial charge in [0, 0.05) is 0 Å². The van der Waals surface area contributed by atoms with Crippen molar-refractivity contribution in [2.75, 3.05) is 6.61 Å². The molecule has 1 aliphatic rings. The first kappa shape index (κ1) is 10.8. The van der Waals surface area contributed by atoms with Gasteiger partial charge in [0.25, 0.3) is 0 Å². The zero-order valence-electron chi connectivity index (χ0n) is 8.53. The van der Waals surface area contributed by atoms with Crippen molar-refractivity contribution in [3.63, 3.8) is 0 Å². The Balaban J connectivity index is 1.92. The predicted octanol–water partition coefficient (Wildman–Crippen LogP) is 2.54. The van der Waals surface area contributed by atoms with E-state index in [9.17, 15) is 8.60 Å². The van der Waals surface area contributed by atoms with Gasteiger partial charge in [-0.1, -0.05) is 17.7 Å². The molecule has 2 nitrogen and oxygen atoms in total. The molecule has 1 fully saturated rings. The van der Waals surface area contributed by atoms with Crippen LogP contribution in [-0.4, -0.2) is 16.5 Å². The molecule has 0 spiro atoms. The van der Waals surface area contributed by atoms with E-state index in [-0.39, 0.29) is 6.61 Å². The van der Waals surface area contributed by atoms with Gasteiger partial charge in [-0.3, -0.25) is 4.18 Å². The van der Waals surface area contributed by atoms with Crippen LogP contribution in [0, 0.1) is 6.92 Å². The van der Waals surface area contributed by atoms with Crippen LogP contribution in [0.25, 0.3) is 0 Å². The molecule has 2 rings (SSSR count). The summed E-state index contributed by atoms with van der Waals surface area (Å²) in [6.45, 7) is 1.89. The molecular formula is C11H13FO2S. The molecule has 1 unspecified atom stereocenters. The fourth-order valence-electron chi connectivity index (χ4n) is 1.16. The van der Waals surface area contributed by atoms with Crippen LogP contribution in [0.3, 0.4) is 0 Å². The lowest BCUT2D eigenvalue weighted by Crippen LogP contribution is -2.12. The first-order valence-electron chi connectivity index (χ1n) is 4.90. The smallest absolute Gasteiger partial charge is 0.189 e. The minimum Gasteiger partial charge on any atom is -0.283 e. The fraction of sp³-hybridized carbons (Fsp3) is 0.455. The molecule has 0 N–H and O–H groups in total. The molecule has 1 aliphatic carbocycles. The third kappa shape index (κ3) is 2.86. The number of hydrogen-bond donors (Lipinski definition) is 0. The van der Waals surface area contributed by atoms with Gasteiger partial charge in [-0.15, -0.1) is 0 Å². The number of aryl methyl sites for hydroxylation is 1. The van der Waals surface area contributed by atoms with Crippen molar-refractivity contribution in [2.24, 2.45) is 0 Å². The highest BCUT2D eigenvalue weighted by Gasteiger charge is 2.44. The van der Waals surface area contributed by atoms with Crippen LogP contribution in [-0.2, 0) is 15.3 Å². The molecule has 1 aromatic rings. The van der Waals surface area contributed by atoms with Gasteiger partial charge in [-0.2, -0.15) is 0 Å². The molecule has 1 saturated carbocycles. The molecule has 15 heavy (non-hydrogen) atoms. The number of rotatable bonds is 4. The van der Waals surface area contributed by atoms with Crippen molar-refractivity contribution in [3.8, 4) is 0 Å². The Morgan fingerprint density at radius 3 is 2.53 bits per heavy atom. The second kappa shape index (κ2) is 4.02. The topological polar surface area (TPSA) is 26.3 Å². The summed E-state index contributed by atoms with van der Waals surface area (Å²) in [5.74, 6) is 0. The minimum absolute atomic E-state index is 0.0620. The molecule has 0 aromatic heterocycles. The van der Waals surface area contributed by atoms with E-state index in [1.807, 2.05) is 19.1 Å². The van der Waals surface area contributed by atoms with E-state index in [1.165, 1.54) is 0 Å². The Hall–Kier alpha value is -0.740. The van der Waals surface area contributed by atoms with Gasteiger partial charge in [0.05, 0.1) is 11.5 Å². The molecule has 0 heterocycles. The second-order valence-electron chi connectivity index (χ2n) is 3.96. The van der Waals surface area contributed by atoms with Crippen molar-refractivity contribution in [2.45, 2.75) is 30.3 Å². The SMILES string of the molecule is Cc1ccc(S(=O)OCC2(F)CC2)cc1. The van der Waals surface area contributed by atoms with E-state index >= 15 is 0 Å². The van der Waals surface area contributed by atoms with E-state index in [0.717, 1.165) is 5.56 Å². The van der Waals surface area contributed by atoms with Crippen molar-refractivity contribution in [3.05, 3.63) is 29.8 Å². The van der Waals surface area contributed by atoms with Gasteiger partial charge < -0.3 is 0 Å². The summed E-state index contributed by atoms with van der Waals surface area (Å²) in [7, 11) is 0. The summed E-state index contributed by atoms with van der Waals surface area (Å²) in [4.78, 5) is 0.588. The second-order valence-corrected chi connectivity index (χ2v) is 5.14. The van der Waals surface area contributed by atoms with Crippen molar-refractivity contribution < 1.29 is 12.8 Å². The van der Waals surface area contributed by atoms with Crippen LogP contribution in [0.5, 0.6) is 0 Å². The number of benzene rings is 1. The largest absolute Gasteiger partial charge is 0.283 e. The Labute approximate surface area is 91.1 Å². The molecule has 0 saturated heterocycles. The molecule has 4 heteroatoms. The molecule has 0 radical (unpaired) electrons. The van der Waals surface area contributed by atoms with Crippen LogP contribution >= 0.6 is 0 Å². The van der Waals surface area contributed by atoms with Crippen LogP contribution in [0.2, 0.25) is 0 Å². The lowest BCUT2D eigenvalue weighted by Gasteiger charge is -2.05. The van der Waals surface area contributed by atoms with Crippen LogP contribution in [0.4, 0.5) is 4.39 Å². The summed E-state index contributed by atoms with van der Waals surface area (Å²) in [6.07, 6.45) is 1.05. The first-order chi connectivity index (χ1) is 7.09. The Bertz CT molecular complexity index is 371. The molecular weight excluding hydrogens is 215 g/mol. The summed E-state index contributed by atoms with van der Waals surface area (Å²) in [6, 6.07) is 7.20. The van der Waals surface area contributed by atoms with E-state index in [2.05, 4.69) is 0 Å². The monoisotopic (exact) mass is 228 g/mol. The summed E-state index contributed by atoms with van der Waals surface area (Å²) in [5.41, 5.74) is -0.111. The van der Waals surface area contributed by atoms with Crippen molar-refractivity contribution in [1.29, 1.82) is 0 Å². The average Bonchev–Trinajstić information content (AvgIpc) is 2.95. The number of halogens is 1. The zero-order chi connectivity index (χ0) is 10.9. The molecule has 1 aromatic carbocycles. The quantitative estimate of drug-likeness (QED) is 0.791. The van der Waals surface area contributed by atoms with E-state index in [1.54, 1.807) is 12.1 Å². The average molecular weight is 228 g/mol. The number of alkyl halides is 1. The van der Waals surface area contributed by atoms with Gasteiger partial charge in [-0.25, -0.2) is 8.60 Å². The maximum absolute atomic E-state index is 13.2. The van der Waals surface area contributed by atoms with E-state index in [4.69, 9.17) is 4.18 Å². The highest BCUT2D eigenvalue weighted by Crippen LogP contribution is 2.40. The summed E-state index contributed by atoms with van der Waals surface area (Å²) in [5, 5.41) is 0. The Morgan fingerprint density at radius 2 is 2.00 bits per heavy atom. The van der Waals surface area contributed by atoms with Crippen LogP contribution in [0.1, 0.15) is 18.4 Å². The molecule has 82 valence electrons. The lowest BCUT2D eigenvalue weighted by molar-refractivity contribution is 0.191. The van der Waals surface area contributed by atoms with E-state index < -0.39 is 16.7 Å². The van der Waals surface area contributed by atoms with Gasteiger partial charge in [0.2, 0.25) is 0 Å². The van der Waals surface area contributed by atoms with Crippen molar-refractivity contribution >= 4 is 11.1 Å². The standard InChI is InChI=1S/C11H13FO2S/c1-9-2-4-10(5-3-9)15(13)14-8-11(12)6-7-11/h2-5H,6-8H2,1H3. The number of hydrogen-bond acceptors (Lipinski definition) is 2. The fourth-order valence-corrected chi connectivity index (χ4v) is 1.97. The normalized spacial score (nSPS) is 19.9. The summed E-state index contributed by atoms with van der Waals surface area (Å²) < 4.78 is 29.7. The van der Waals surface area contributed by atoms with E-state index in [0.29, 0.717) is 17.7 Å². The zero-order valence-corrected chi connectivity index (χ0v) is 9.35. The molecule has 0 bridgehead atoms. The Morgan fingerprint density at radius 1 is 1.40 bits per heavy atom. The van der Waals surface area contributed by atoms with Gasteiger partial charge in [0.15, 0.2) is 11.1 Å². The highest BCUT2D eigenvalue weighted by atomic mass is 32.2. The third-order valence-corrected chi connectivity index (χ3v) is 3.42. The minimum atomic E-state index is -1.54. The molecule has 1 atom stereocenters. The maximum Gasteiger partial charge on any atom is 0.189 e. The first-order valence-corrected chi connectivity index (χ1v) is 5.97. The van der Waals surface area contributed by atoms with Crippen LogP contribution < -0.4 is 0 Å². The maximum atomic E-state index is 13.2. The predicted molar refractivity (Wildman–Crippen MR) is 56.6 cm³/mol. The molecule has 0 amide bonds. The van der Waals surface area contributed by atoms with Gasteiger partial charge in [0.1, 0.15) is 5.67 Å². The Kier molecular flexibility index (Phi) is 2.89. The van der Waals surface area contributed by atoms with Crippen LogP contribution in [0.15, 0.2) is 29.2 Å².